The van der Waals surface area contributed by atoms with E-state index in [0.717, 1.165) is 15.7 Å². The summed E-state index contributed by atoms with van der Waals surface area (Å²) in [7, 11) is 0. The Hall–Kier alpha value is -2.47. The fraction of sp³-hybridized carbons (Fsp3) is 0.0588. The van der Waals surface area contributed by atoms with Gasteiger partial charge in [-0.2, -0.15) is 4.98 Å². The van der Waals surface area contributed by atoms with Crippen LogP contribution in [-0.2, 0) is 6.54 Å². The van der Waals surface area contributed by atoms with Gasteiger partial charge in [0, 0.05) is 17.2 Å². The van der Waals surface area contributed by atoms with E-state index < -0.39 is 0 Å². The first-order chi connectivity index (χ1) is 11.2. The highest BCUT2D eigenvalue weighted by molar-refractivity contribution is 9.10. The second-order valence-corrected chi connectivity index (χ2v) is 5.70. The fourth-order valence-electron chi connectivity index (χ4n) is 2.00. The Bertz CT molecular complexity index is 793. The third-order valence-corrected chi connectivity index (χ3v) is 3.85. The van der Waals surface area contributed by atoms with E-state index in [9.17, 15) is 4.39 Å². The van der Waals surface area contributed by atoms with Crippen molar-refractivity contribution < 1.29 is 4.39 Å². The van der Waals surface area contributed by atoms with Crippen LogP contribution in [0, 0.1) is 5.82 Å². The number of hydrogen-bond donors (Lipinski definition) is 2. The zero-order chi connectivity index (χ0) is 16.1. The molecule has 0 saturated heterocycles. The van der Waals surface area contributed by atoms with Gasteiger partial charge in [-0.25, -0.2) is 9.37 Å². The Labute approximate surface area is 141 Å². The first-order valence-corrected chi connectivity index (χ1v) is 7.83. The maximum absolute atomic E-state index is 12.9. The van der Waals surface area contributed by atoms with Gasteiger partial charge in [0.05, 0.1) is 5.69 Å². The van der Waals surface area contributed by atoms with E-state index in [-0.39, 0.29) is 5.82 Å². The maximum atomic E-state index is 12.9. The van der Waals surface area contributed by atoms with Gasteiger partial charge in [-0.05, 0) is 51.8 Å². The first-order valence-electron chi connectivity index (χ1n) is 7.03. The normalized spacial score (nSPS) is 10.3. The number of anilines is 3. The van der Waals surface area contributed by atoms with Crippen molar-refractivity contribution in [2.45, 2.75) is 6.54 Å². The molecule has 0 unspecified atom stereocenters. The summed E-state index contributed by atoms with van der Waals surface area (Å²) < 4.78 is 13.8. The summed E-state index contributed by atoms with van der Waals surface area (Å²) in [6.45, 7) is 0.561. The molecule has 0 radical (unpaired) electrons. The van der Waals surface area contributed by atoms with Crippen molar-refractivity contribution in [3.8, 4) is 0 Å². The molecule has 2 aromatic carbocycles. The van der Waals surface area contributed by atoms with Crippen molar-refractivity contribution in [2.24, 2.45) is 0 Å². The molecule has 4 nitrogen and oxygen atoms in total. The van der Waals surface area contributed by atoms with E-state index >= 15 is 0 Å². The molecule has 0 spiro atoms. The highest BCUT2D eigenvalue weighted by Gasteiger charge is 2.03. The SMILES string of the molecule is Fc1ccc(CNc2ccnc(Nc3ccccc3Br)n2)cc1. The molecular formula is C17H14BrFN4. The van der Waals surface area contributed by atoms with Crippen molar-refractivity contribution in [3.05, 3.63) is 76.6 Å². The minimum Gasteiger partial charge on any atom is -0.366 e. The molecule has 0 atom stereocenters. The molecule has 2 N–H and O–H groups in total. The number of aromatic nitrogens is 2. The van der Waals surface area contributed by atoms with Gasteiger partial charge in [0.1, 0.15) is 11.6 Å². The van der Waals surface area contributed by atoms with E-state index in [0.29, 0.717) is 18.3 Å². The van der Waals surface area contributed by atoms with Crippen molar-refractivity contribution in [1.82, 2.24) is 9.97 Å². The number of rotatable bonds is 5. The van der Waals surface area contributed by atoms with E-state index in [1.165, 1.54) is 12.1 Å². The molecule has 0 aliphatic rings. The average molecular weight is 373 g/mol. The zero-order valence-corrected chi connectivity index (χ0v) is 13.7. The van der Waals surface area contributed by atoms with Crippen LogP contribution in [0.5, 0.6) is 0 Å². The monoisotopic (exact) mass is 372 g/mol. The first kappa shape index (κ1) is 15.4. The van der Waals surface area contributed by atoms with Gasteiger partial charge in [-0.3, -0.25) is 0 Å². The number of hydrogen-bond acceptors (Lipinski definition) is 4. The zero-order valence-electron chi connectivity index (χ0n) is 12.1. The molecule has 0 aliphatic heterocycles. The lowest BCUT2D eigenvalue weighted by atomic mass is 10.2. The molecule has 0 bridgehead atoms. The van der Waals surface area contributed by atoms with Crippen molar-refractivity contribution in [3.63, 3.8) is 0 Å². The molecule has 23 heavy (non-hydrogen) atoms. The molecule has 1 heterocycles. The predicted molar refractivity (Wildman–Crippen MR) is 93.2 cm³/mol. The molecule has 0 aliphatic carbocycles. The van der Waals surface area contributed by atoms with Gasteiger partial charge < -0.3 is 10.6 Å². The van der Waals surface area contributed by atoms with Crippen LogP contribution in [0.25, 0.3) is 0 Å². The van der Waals surface area contributed by atoms with Crippen molar-refractivity contribution in [2.75, 3.05) is 10.6 Å². The summed E-state index contributed by atoms with van der Waals surface area (Å²) in [4.78, 5) is 8.62. The number of halogens is 2. The lowest BCUT2D eigenvalue weighted by Crippen LogP contribution is -2.04. The van der Waals surface area contributed by atoms with Crippen molar-refractivity contribution in [1.29, 1.82) is 0 Å². The molecule has 1 aromatic heterocycles. The van der Waals surface area contributed by atoms with E-state index in [2.05, 4.69) is 36.5 Å². The summed E-state index contributed by atoms with van der Waals surface area (Å²) in [5.41, 5.74) is 1.87. The second-order valence-electron chi connectivity index (χ2n) is 4.85. The van der Waals surface area contributed by atoms with Gasteiger partial charge >= 0.3 is 0 Å². The van der Waals surface area contributed by atoms with Crippen LogP contribution in [0.2, 0.25) is 0 Å². The third kappa shape index (κ3) is 4.26. The molecular weight excluding hydrogens is 359 g/mol. The molecule has 3 rings (SSSR count). The Balaban J connectivity index is 1.67. The minimum atomic E-state index is -0.240. The Morgan fingerprint density at radius 2 is 1.78 bits per heavy atom. The van der Waals surface area contributed by atoms with Gasteiger partial charge in [0.25, 0.3) is 0 Å². The highest BCUT2D eigenvalue weighted by Crippen LogP contribution is 2.24. The Morgan fingerprint density at radius 3 is 2.57 bits per heavy atom. The summed E-state index contributed by atoms with van der Waals surface area (Å²) in [5, 5.41) is 6.36. The Kier molecular flexibility index (Phi) is 4.83. The van der Waals surface area contributed by atoms with E-state index in [1.54, 1.807) is 24.4 Å². The van der Waals surface area contributed by atoms with Gasteiger partial charge in [-0.1, -0.05) is 24.3 Å². The fourth-order valence-corrected chi connectivity index (χ4v) is 2.38. The largest absolute Gasteiger partial charge is 0.366 e. The van der Waals surface area contributed by atoms with Crippen LogP contribution < -0.4 is 10.6 Å². The number of nitrogens with zero attached hydrogens (tertiary/aromatic N) is 2. The van der Waals surface area contributed by atoms with Gasteiger partial charge in [0.2, 0.25) is 5.95 Å². The second kappa shape index (κ2) is 7.19. The smallest absolute Gasteiger partial charge is 0.229 e. The van der Waals surface area contributed by atoms with E-state index in [1.807, 2.05) is 24.3 Å². The summed E-state index contributed by atoms with van der Waals surface area (Å²) in [6, 6.07) is 15.9. The number of nitrogens with one attached hydrogen (secondary N) is 2. The predicted octanol–water partition coefficient (Wildman–Crippen LogP) is 4.73. The van der Waals surface area contributed by atoms with E-state index in [4.69, 9.17) is 0 Å². The minimum absolute atomic E-state index is 0.240. The lowest BCUT2D eigenvalue weighted by Gasteiger charge is -2.09. The third-order valence-electron chi connectivity index (χ3n) is 3.16. The summed E-state index contributed by atoms with van der Waals surface area (Å²) in [5.74, 6) is 0.954. The van der Waals surface area contributed by atoms with Crippen LogP contribution in [0.15, 0.2) is 65.3 Å². The topological polar surface area (TPSA) is 49.8 Å². The standard InChI is InChI=1S/C17H14BrFN4/c18-14-3-1-2-4-15(14)22-17-20-10-9-16(23-17)21-11-12-5-7-13(19)8-6-12/h1-10H,11H2,(H2,20,21,22,23). The molecule has 0 fully saturated rings. The van der Waals surface area contributed by atoms with Crippen LogP contribution in [-0.4, -0.2) is 9.97 Å². The number of para-hydroxylation sites is 1. The molecule has 116 valence electrons. The summed E-state index contributed by atoms with van der Waals surface area (Å²) in [6.07, 6.45) is 1.68. The van der Waals surface area contributed by atoms with Crippen LogP contribution in [0.1, 0.15) is 5.56 Å². The highest BCUT2D eigenvalue weighted by atomic mass is 79.9. The Morgan fingerprint density at radius 1 is 1.00 bits per heavy atom. The summed E-state index contributed by atoms with van der Waals surface area (Å²) >= 11 is 3.48. The van der Waals surface area contributed by atoms with Crippen LogP contribution in [0.3, 0.4) is 0 Å². The van der Waals surface area contributed by atoms with Gasteiger partial charge in [-0.15, -0.1) is 0 Å². The lowest BCUT2D eigenvalue weighted by molar-refractivity contribution is 0.627. The van der Waals surface area contributed by atoms with Crippen molar-refractivity contribution >= 4 is 33.4 Å². The van der Waals surface area contributed by atoms with Crippen LogP contribution in [0.4, 0.5) is 21.8 Å². The molecule has 6 heteroatoms. The molecule has 0 amide bonds. The van der Waals surface area contributed by atoms with Gasteiger partial charge in [0.15, 0.2) is 0 Å². The number of benzene rings is 2. The molecule has 3 aromatic rings. The van der Waals surface area contributed by atoms with Crippen LogP contribution >= 0.6 is 15.9 Å². The molecule has 0 saturated carbocycles. The quantitative estimate of drug-likeness (QED) is 0.679. The maximum Gasteiger partial charge on any atom is 0.229 e. The average Bonchev–Trinajstić information content (AvgIpc) is 2.57.